The van der Waals surface area contributed by atoms with E-state index in [9.17, 15) is 13.2 Å². The first-order valence-electron chi connectivity index (χ1n) is 9.65. The molecular formula is C22H21NO5S. The average Bonchev–Trinajstić information content (AvgIpc) is 3.08. The summed E-state index contributed by atoms with van der Waals surface area (Å²) < 4.78 is 35.8. The molecule has 0 N–H and O–H groups in total. The lowest BCUT2D eigenvalue weighted by Gasteiger charge is -2.33. The van der Waals surface area contributed by atoms with Crippen molar-refractivity contribution in [2.75, 3.05) is 18.2 Å². The van der Waals surface area contributed by atoms with Crippen LogP contribution >= 0.6 is 0 Å². The molecule has 3 heterocycles. The van der Waals surface area contributed by atoms with Gasteiger partial charge in [-0.25, -0.2) is 8.42 Å². The number of ether oxygens (including phenoxy) is 1. The number of rotatable bonds is 2. The third-order valence-electron chi connectivity index (χ3n) is 5.83. The molecule has 1 saturated heterocycles. The lowest BCUT2D eigenvalue weighted by Crippen LogP contribution is -2.41. The Kier molecular flexibility index (Phi) is 4.26. The highest BCUT2D eigenvalue weighted by molar-refractivity contribution is 7.91. The Morgan fingerprint density at radius 1 is 1.10 bits per heavy atom. The zero-order valence-corrected chi connectivity index (χ0v) is 16.9. The summed E-state index contributed by atoms with van der Waals surface area (Å²) in [7, 11) is -2.99. The van der Waals surface area contributed by atoms with Crippen LogP contribution in [-0.2, 0) is 16.4 Å². The number of benzene rings is 2. The molecule has 2 aliphatic rings. The molecule has 0 amide bonds. The minimum atomic E-state index is -2.99. The van der Waals surface area contributed by atoms with Crippen molar-refractivity contribution >= 4 is 20.8 Å². The summed E-state index contributed by atoms with van der Waals surface area (Å²) in [6.45, 7) is 2.64. The Bertz CT molecular complexity index is 1260. The predicted octanol–water partition coefficient (Wildman–Crippen LogP) is 3.11. The summed E-state index contributed by atoms with van der Waals surface area (Å²) in [5.41, 5.74) is 2.65. The van der Waals surface area contributed by atoms with Gasteiger partial charge in [0.05, 0.1) is 28.0 Å². The van der Waals surface area contributed by atoms with Gasteiger partial charge in [-0.05, 0) is 31.0 Å². The molecule has 0 bridgehead atoms. The normalized spacial score (nSPS) is 21.1. The van der Waals surface area contributed by atoms with Crippen molar-refractivity contribution in [1.82, 2.24) is 4.90 Å². The number of hydrogen-bond acceptors (Lipinski definition) is 6. The van der Waals surface area contributed by atoms with Gasteiger partial charge in [0.25, 0.3) is 0 Å². The van der Waals surface area contributed by atoms with E-state index in [1.165, 1.54) is 0 Å². The van der Waals surface area contributed by atoms with E-state index in [4.69, 9.17) is 9.15 Å². The van der Waals surface area contributed by atoms with Crippen molar-refractivity contribution < 1.29 is 17.6 Å². The first kappa shape index (κ1) is 18.4. The summed E-state index contributed by atoms with van der Waals surface area (Å²) >= 11 is 0. The van der Waals surface area contributed by atoms with Crippen LogP contribution < -0.4 is 10.2 Å². The number of aryl methyl sites for hydroxylation is 1. The first-order chi connectivity index (χ1) is 13.9. The Labute approximate surface area is 168 Å². The molecule has 0 radical (unpaired) electrons. The van der Waals surface area contributed by atoms with Crippen molar-refractivity contribution in [3.63, 3.8) is 0 Å². The van der Waals surface area contributed by atoms with Crippen LogP contribution in [0.2, 0.25) is 0 Å². The predicted molar refractivity (Wildman–Crippen MR) is 111 cm³/mol. The molecule has 1 aromatic heterocycles. The molecule has 1 atom stereocenters. The zero-order chi connectivity index (χ0) is 20.2. The molecule has 6 nitrogen and oxygen atoms in total. The summed E-state index contributed by atoms with van der Waals surface area (Å²) in [4.78, 5) is 15.3. The van der Waals surface area contributed by atoms with E-state index in [0.29, 0.717) is 47.7 Å². The van der Waals surface area contributed by atoms with Gasteiger partial charge in [0.15, 0.2) is 9.84 Å². The van der Waals surface area contributed by atoms with Crippen molar-refractivity contribution in [1.29, 1.82) is 0 Å². The molecule has 0 unspecified atom stereocenters. The average molecular weight is 411 g/mol. The fraction of sp³-hybridized carbons (Fsp3) is 0.318. The number of fused-ring (bicyclic) bond motifs is 3. The zero-order valence-electron chi connectivity index (χ0n) is 16.1. The van der Waals surface area contributed by atoms with Crippen LogP contribution in [0.3, 0.4) is 0 Å². The van der Waals surface area contributed by atoms with Crippen LogP contribution in [0.4, 0.5) is 0 Å². The maximum absolute atomic E-state index is 13.3. The van der Waals surface area contributed by atoms with E-state index in [1.54, 1.807) is 19.1 Å². The van der Waals surface area contributed by atoms with E-state index >= 15 is 0 Å². The molecule has 7 heteroatoms. The van der Waals surface area contributed by atoms with Crippen molar-refractivity contribution in [2.24, 2.45) is 0 Å². The molecule has 3 aromatic rings. The van der Waals surface area contributed by atoms with Gasteiger partial charge in [-0.15, -0.1) is 0 Å². The third kappa shape index (κ3) is 3.14. The van der Waals surface area contributed by atoms with Crippen LogP contribution in [0.15, 0.2) is 51.7 Å². The molecule has 1 fully saturated rings. The molecule has 2 aromatic carbocycles. The standard InChI is InChI=1S/C22H21NO5S/c1-14-20(15-5-3-2-4-6-15)21(24)17-7-8-19-18(22(17)28-14)11-23(13-27-19)16-9-10-29(25,26)12-16/h2-8,16H,9-13H2,1H3/t16-/m1/s1. The molecule has 5 rings (SSSR count). The number of hydrogen-bond donors (Lipinski definition) is 0. The highest BCUT2D eigenvalue weighted by atomic mass is 32.2. The second-order valence-corrected chi connectivity index (χ2v) is 9.95. The highest BCUT2D eigenvalue weighted by Crippen LogP contribution is 2.35. The van der Waals surface area contributed by atoms with Crippen molar-refractivity contribution in [3.8, 4) is 16.9 Å². The van der Waals surface area contributed by atoms with Crippen LogP contribution in [0.1, 0.15) is 17.7 Å². The van der Waals surface area contributed by atoms with E-state index < -0.39 is 9.84 Å². The molecule has 0 spiro atoms. The smallest absolute Gasteiger partial charge is 0.200 e. The van der Waals surface area contributed by atoms with Crippen molar-refractivity contribution in [2.45, 2.75) is 25.9 Å². The van der Waals surface area contributed by atoms with E-state index in [0.717, 1.165) is 11.1 Å². The van der Waals surface area contributed by atoms with Gasteiger partial charge in [0, 0.05) is 12.6 Å². The van der Waals surface area contributed by atoms with Gasteiger partial charge in [-0.3, -0.25) is 9.69 Å². The summed E-state index contributed by atoms with van der Waals surface area (Å²) in [6, 6.07) is 13.0. The largest absolute Gasteiger partial charge is 0.478 e. The lowest BCUT2D eigenvalue weighted by atomic mass is 10.0. The van der Waals surface area contributed by atoms with Crippen LogP contribution in [0.5, 0.6) is 5.75 Å². The summed E-state index contributed by atoms with van der Waals surface area (Å²) in [6.07, 6.45) is 0.604. The molecule has 150 valence electrons. The topological polar surface area (TPSA) is 76.8 Å². The summed E-state index contributed by atoms with van der Waals surface area (Å²) in [5, 5.41) is 0.512. The molecule has 0 saturated carbocycles. The van der Waals surface area contributed by atoms with Gasteiger partial charge >= 0.3 is 0 Å². The SMILES string of the molecule is Cc1oc2c3c(ccc2c(=O)c1-c1ccccc1)OCN([C@@H]1CCS(=O)(=O)C1)C3. The fourth-order valence-corrected chi connectivity index (χ4v) is 6.09. The molecule has 0 aliphatic carbocycles. The third-order valence-corrected chi connectivity index (χ3v) is 7.58. The maximum atomic E-state index is 13.3. The molecule has 2 aliphatic heterocycles. The lowest BCUT2D eigenvalue weighted by molar-refractivity contribution is 0.0649. The monoisotopic (exact) mass is 411 g/mol. The Morgan fingerprint density at radius 2 is 1.90 bits per heavy atom. The van der Waals surface area contributed by atoms with Gasteiger partial charge in [0.1, 0.15) is 23.8 Å². The maximum Gasteiger partial charge on any atom is 0.200 e. The van der Waals surface area contributed by atoms with E-state index in [1.807, 2.05) is 35.2 Å². The van der Waals surface area contributed by atoms with Gasteiger partial charge in [0.2, 0.25) is 5.43 Å². The van der Waals surface area contributed by atoms with Gasteiger partial charge < -0.3 is 9.15 Å². The van der Waals surface area contributed by atoms with E-state index in [-0.39, 0.29) is 23.0 Å². The highest BCUT2D eigenvalue weighted by Gasteiger charge is 2.35. The second kappa shape index (κ2) is 6.71. The number of nitrogens with zero attached hydrogens (tertiary/aromatic N) is 1. The molecule has 29 heavy (non-hydrogen) atoms. The number of sulfone groups is 1. The molecular weight excluding hydrogens is 390 g/mol. The van der Waals surface area contributed by atoms with Crippen LogP contribution in [0, 0.1) is 6.92 Å². The first-order valence-corrected chi connectivity index (χ1v) is 11.5. The fourth-order valence-electron chi connectivity index (χ4n) is 4.33. The van der Waals surface area contributed by atoms with Crippen LogP contribution in [0.25, 0.3) is 22.1 Å². The van der Waals surface area contributed by atoms with Crippen LogP contribution in [-0.4, -0.2) is 37.6 Å². The Morgan fingerprint density at radius 3 is 2.62 bits per heavy atom. The quantitative estimate of drug-likeness (QED) is 0.645. The van der Waals surface area contributed by atoms with Crippen molar-refractivity contribution in [3.05, 3.63) is 64.0 Å². The summed E-state index contributed by atoms with van der Waals surface area (Å²) in [5.74, 6) is 1.61. The minimum Gasteiger partial charge on any atom is -0.478 e. The van der Waals surface area contributed by atoms with Gasteiger partial charge in [-0.2, -0.15) is 0 Å². The Balaban J connectivity index is 1.61. The van der Waals surface area contributed by atoms with E-state index in [2.05, 4.69) is 0 Å². The van der Waals surface area contributed by atoms with Gasteiger partial charge in [-0.1, -0.05) is 30.3 Å². The minimum absolute atomic E-state index is 0.0696. The second-order valence-electron chi connectivity index (χ2n) is 7.72. The Hall–Kier alpha value is -2.64.